The Morgan fingerprint density at radius 2 is 1.69 bits per heavy atom. The van der Waals surface area contributed by atoms with Gasteiger partial charge < -0.3 is 20.8 Å². The first kappa shape index (κ1) is 17.7. The van der Waals surface area contributed by atoms with Gasteiger partial charge in [0.05, 0.1) is 0 Å². The Hall–Kier alpha value is -3.12. The van der Waals surface area contributed by atoms with Gasteiger partial charge in [0.1, 0.15) is 11.4 Å². The third-order valence-corrected chi connectivity index (χ3v) is 4.19. The Bertz CT molecular complexity index is 902. The smallest absolute Gasteiger partial charge is 0.253 e. The summed E-state index contributed by atoms with van der Waals surface area (Å²) in [5.41, 5.74) is 1.50. The number of aliphatic hydroxyl groups excluding tert-OH is 1. The zero-order valence-corrected chi connectivity index (χ0v) is 14.4. The summed E-state index contributed by atoms with van der Waals surface area (Å²) in [6.07, 6.45) is 0.968. The molecule has 26 heavy (non-hydrogen) atoms. The third-order valence-electron chi connectivity index (χ3n) is 4.19. The second-order valence-corrected chi connectivity index (χ2v) is 6.07. The van der Waals surface area contributed by atoms with E-state index in [9.17, 15) is 19.8 Å². The topological polar surface area (TPSA) is 98.7 Å². The van der Waals surface area contributed by atoms with Gasteiger partial charge in [0, 0.05) is 28.9 Å². The van der Waals surface area contributed by atoms with Crippen molar-refractivity contribution in [1.29, 1.82) is 0 Å². The average Bonchev–Trinajstić information content (AvgIpc) is 2.66. The van der Waals surface area contributed by atoms with Crippen molar-refractivity contribution in [1.82, 2.24) is 5.32 Å². The number of hydrogen-bond donors (Lipinski definition) is 4. The lowest BCUT2D eigenvalue weighted by Crippen LogP contribution is -2.27. The van der Waals surface area contributed by atoms with Gasteiger partial charge in [-0.05, 0) is 31.2 Å². The molecular weight excluding hydrogens is 332 g/mol. The monoisotopic (exact) mass is 352 g/mol. The van der Waals surface area contributed by atoms with Crippen LogP contribution in [0.3, 0.4) is 0 Å². The number of fused-ring (bicyclic) bond motifs is 1. The van der Waals surface area contributed by atoms with Gasteiger partial charge in [-0.25, -0.2) is 0 Å². The molecule has 6 heteroatoms. The van der Waals surface area contributed by atoms with Crippen molar-refractivity contribution >= 4 is 23.0 Å². The summed E-state index contributed by atoms with van der Waals surface area (Å²) in [6.45, 7) is 3.33. The van der Waals surface area contributed by atoms with Crippen molar-refractivity contribution in [3.05, 3.63) is 64.9 Å². The second kappa shape index (κ2) is 7.41. The minimum Gasteiger partial charge on any atom is -0.508 e. The molecule has 0 saturated carbocycles. The first-order valence-corrected chi connectivity index (χ1v) is 8.44. The van der Waals surface area contributed by atoms with Gasteiger partial charge in [-0.15, -0.1) is 0 Å². The van der Waals surface area contributed by atoms with Crippen molar-refractivity contribution in [2.75, 3.05) is 11.9 Å². The second-order valence-electron chi connectivity index (χ2n) is 6.07. The highest BCUT2D eigenvalue weighted by Gasteiger charge is 2.32. The highest BCUT2D eigenvalue weighted by molar-refractivity contribution is 6.52. The predicted octanol–water partition coefficient (Wildman–Crippen LogP) is 3.00. The molecule has 134 valence electrons. The number of Topliss-reactive ketones (excluding diaryl/α,β-unsaturated/α-hetero) is 2. The highest BCUT2D eigenvalue weighted by atomic mass is 16.3. The van der Waals surface area contributed by atoms with Crippen LogP contribution in [0, 0.1) is 0 Å². The van der Waals surface area contributed by atoms with E-state index in [1.807, 2.05) is 6.92 Å². The average molecular weight is 352 g/mol. The standard InChI is InChI=1S/C20H20N2O4/c1-2-9-21-11-12-10-13(7-8-16(12)23)22-17-18(24)14-5-3-4-6-15(14)19(25)20(17)26/h3-8,10,21-24H,2,9,11H2,1H3. The van der Waals surface area contributed by atoms with E-state index in [0.29, 0.717) is 23.4 Å². The molecule has 1 aliphatic carbocycles. The molecule has 0 aromatic heterocycles. The molecule has 0 unspecified atom stereocenters. The minimum atomic E-state index is -0.792. The van der Waals surface area contributed by atoms with E-state index in [4.69, 9.17) is 0 Å². The summed E-state index contributed by atoms with van der Waals surface area (Å²) >= 11 is 0. The van der Waals surface area contributed by atoms with Gasteiger partial charge in [0.2, 0.25) is 5.78 Å². The van der Waals surface area contributed by atoms with Crippen LogP contribution < -0.4 is 10.6 Å². The van der Waals surface area contributed by atoms with E-state index in [0.717, 1.165) is 13.0 Å². The molecule has 1 aliphatic rings. The molecule has 2 aromatic rings. The number of aromatic hydroxyl groups is 1. The Labute approximate surface area is 151 Å². The van der Waals surface area contributed by atoms with Crippen LogP contribution in [0.25, 0.3) is 5.76 Å². The minimum absolute atomic E-state index is 0.133. The highest BCUT2D eigenvalue weighted by Crippen LogP contribution is 2.29. The van der Waals surface area contributed by atoms with Crippen LogP contribution in [0.4, 0.5) is 5.69 Å². The van der Waals surface area contributed by atoms with Crippen molar-refractivity contribution in [2.24, 2.45) is 0 Å². The molecule has 0 amide bonds. The van der Waals surface area contributed by atoms with Crippen LogP contribution in [0.15, 0.2) is 48.2 Å². The van der Waals surface area contributed by atoms with E-state index in [2.05, 4.69) is 10.6 Å². The molecule has 0 spiro atoms. The Morgan fingerprint density at radius 1 is 0.962 bits per heavy atom. The summed E-state index contributed by atoms with van der Waals surface area (Å²) in [4.78, 5) is 24.6. The Morgan fingerprint density at radius 3 is 2.42 bits per heavy atom. The van der Waals surface area contributed by atoms with Crippen LogP contribution in [0.1, 0.15) is 34.8 Å². The zero-order chi connectivity index (χ0) is 18.7. The van der Waals surface area contributed by atoms with Gasteiger partial charge in [-0.2, -0.15) is 0 Å². The molecular formula is C20H20N2O4. The van der Waals surface area contributed by atoms with E-state index in [1.165, 1.54) is 12.1 Å². The first-order valence-electron chi connectivity index (χ1n) is 8.44. The van der Waals surface area contributed by atoms with E-state index in [-0.39, 0.29) is 22.8 Å². The number of nitrogens with one attached hydrogen (secondary N) is 2. The number of phenolic OH excluding ortho intramolecular Hbond substituents is 1. The Balaban J connectivity index is 1.92. The van der Waals surface area contributed by atoms with Gasteiger partial charge in [0.25, 0.3) is 5.78 Å². The number of benzene rings is 2. The number of aliphatic hydroxyl groups is 1. The summed E-state index contributed by atoms with van der Waals surface area (Å²) in [7, 11) is 0. The number of carbonyl (C=O) groups is 2. The fourth-order valence-corrected chi connectivity index (χ4v) is 2.83. The summed E-state index contributed by atoms with van der Waals surface area (Å²) in [5.74, 6) is -1.58. The number of hydrogen-bond acceptors (Lipinski definition) is 6. The van der Waals surface area contributed by atoms with Gasteiger partial charge in [-0.3, -0.25) is 9.59 Å². The largest absolute Gasteiger partial charge is 0.508 e. The normalized spacial score (nSPS) is 13.7. The summed E-state index contributed by atoms with van der Waals surface area (Å²) < 4.78 is 0. The SMILES string of the molecule is CCCNCc1cc(NC2=C(O)c3ccccc3C(=O)C2=O)ccc1O. The third kappa shape index (κ3) is 3.32. The molecule has 0 fully saturated rings. The van der Waals surface area contributed by atoms with Crippen LogP contribution >= 0.6 is 0 Å². The van der Waals surface area contributed by atoms with Crippen molar-refractivity contribution in [3.8, 4) is 5.75 Å². The first-order chi connectivity index (χ1) is 12.5. The van der Waals surface area contributed by atoms with Crippen LogP contribution in [0.5, 0.6) is 5.75 Å². The molecule has 0 aliphatic heterocycles. The molecule has 0 radical (unpaired) electrons. The van der Waals surface area contributed by atoms with Crippen LogP contribution in [-0.4, -0.2) is 28.3 Å². The number of ketones is 2. The molecule has 6 nitrogen and oxygen atoms in total. The van der Waals surface area contributed by atoms with E-state index < -0.39 is 11.6 Å². The number of rotatable bonds is 6. The lowest BCUT2D eigenvalue weighted by molar-refractivity contribution is -0.111. The maximum atomic E-state index is 12.4. The van der Waals surface area contributed by atoms with E-state index >= 15 is 0 Å². The van der Waals surface area contributed by atoms with E-state index in [1.54, 1.807) is 30.3 Å². The zero-order valence-electron chi connectivity index (χ0n) is 14.4. The predicted molar refractivity (Wildman–Crippen MR) is 99.1 cm³/mol. The molecule has 0 atom stereocenters. The quantitative estimate of drug-likeness (QED) is 0.362. The number of allylic oxidation sites excluding steroid dienone is 1. The lowest BCUT2D eigenvalue weighted by Gasteiger charge is -2.19. The molecule has 2 aromatic carbocycles. The molecule has 0 heterocycles. The molecule has 4 N–H and O–H groups in total. The van der Waals surface area contributed by atoms with Gasteiger partial charge >= 0.3 is 0 Å². The fourth-order valence-electron chi connectivity index (χ4n) is 2.83. The summed E-state index contributed by atoms with van der Waals surface area (Å²) in [6, 6.07) is 11.2. The van der Waals surface area contributed by atoms with Crippen molar-refractivity contribution < 1.29 is 19.8 Å². The maximum Gasteiger partial charge on any atom is 0.253 e. The van der Waals surface area contributed by atoms with Crippen LogP contribution in [0.2, 0.25) is 0 Å². The summed E-state index contributed by atoms with van der Waals surface area (Å²) in [5, 5.41) is 26.4. The van der Waals surface area contributed by atoms with Crippen molar-refractivity contribution in [2.45, 2.75) is 19.9 Å². The lowest BCUT2D eigenvalue weighted by atomic mass is 9.91. The molecule has 3 rings (SSSR count). The number of phenols is 1. The number of anilines is 1. The Kier molecular flexibility index (Phi) is 5.04. The molecule has 0 bridgehead atoms. The van der Waals surface area contributed by atoms with Gasteiger partial charge in [0.15, 0.2) is 5.76 Å². The van der Waals surface area contributed by atoms with Gasteiger partial charge in [-0.1, -0.05) is 31.2 Å². The van der Waals surface area contributed by atoms with Crippen LogP contribution in [-0.2, 0) is 11.3 Å². The maximum absolute atomic E-state index is 12.4. The fraction of sp³-hybridized carbons (Fsp3) is 0.200. The van der Waals surface area contributed by atoms with Crippen molar-refractivity contribution in [3.63, 3.8) is 0 Å². The number of carbonyl (C=O) groups excluding carboxylic acids is 2. The molecule has 0 saturated heterocycles.